The minimum atomic E-state index is 0.183. The molecule has 0 bridgehead atoms. The van der Waals surface area contributed by atoms with Gasteiger partial charge in [-0.3, -0.25) is 4.68 Å². The highest BCUT2D eigenvalue weighted by Crippen LogP contribution is 2.13. The molecule has 3 nitrogen and oxygen atoms in total. The maximum absolute atomic E-state index is 5.27. The van der Waals surface area contributed by atoms with Gasteiger partial charge in [-0.1, -0.05) is 0 Å². The van der Waals surface area contributed by atoms with E-state index in [1.807, 2.05) is 41.3 Å². The first-order valence-electron chi connectivity index (χ1n) is 4.29. The van der Waals surface area contributed by atoms with Gasteiger partial charge in [0.2, 0.25) is 0 Å². The minimum absolute atomic E-state index is 0.183. The molecule has 0 fully saturated rings. The van der Waals surface area contributed by atoms with E-state index in [1.165, 1.54) is 0 Å². The molecule has 2 aromatic rings. The van der Waals surface area contributed by atoms with E-state index in [4.69, 9.17) is 4.42 Å². The second-order valence-corrected chi connectivity index (χ2v) is 2.96. The van der Waals surface area contributed by atoms with Crippen LogP contribution in [0.25, 0.3) is 0 Å². The van der Waals surface area contributed by atoms with Crippen LogP contribution in [-0.2, 0) is 0 Å². The van der Waals surface area contributed by atoms with Gasteiger partial charge >= 0.3 is 0 Å². The fourth-order valence-corrected chi connectivity index (χ4v) is 1.25. The van der Waals surface area contributed by atoms with Crippen molar-refractivity contribution in [3.05, 3.63) is 48.7 Å². The highest BCUT2D eigenvalue weighted by atomic mass is 16.3. The second kappa shape index (κ2) is 3.39. The van der Waals surface area contributed by atoms with Gasteiger partial charge in [0, 0.05) is 12.4 Å². The maximum Gasteiger partial charge on any atom is 0.127 e. The van der Waals surface area contributed by atoms with Crippen molar-refractivity contribution in [3.63, 3.8) is 0 Å². The van der Waals surface area contributed by atoms with Crippen molar-refractivity contribution in [1.29, 1.82) is 0 Å². The van der Waals surface area contributed by atoms with Crippen LogP contribution < -0.4 is 5.43 Å². The molecule has 0 spiro atoms. The normalized spacial score (nSPS) is 12.7. The molecule has 1 atom stereocenters. The molecule has 13 heavy (non-hydrogen) atoms. The Kier molecular flexibility index (Phi) is 2.08. The SMILES string of the molecule is CC(Nn1cccc1)c1ccco1. The summed E-state index contributed by atoms with van der Waals surface area (Å²) in [5, 5.41) is 0. The average Bonchev–Trinajstić information content (AvgIpc) is 2.74. The number of hydrogen-bond acceptors (Lipinski definition) is 2. The molecule has 0 radical (unpaired) electrons. The van der Waals surface area contributed by atoms with Crippen molar-refractivity contribution >= 4 is 0 Å². The highest BCUT2D eigenvalue weighted by molar-refractivity contribution is 5.07. The maximum atomic E-state index is 5.27. The molecule has 0 saturated heterocycles. The van der Waals surface area contributed by atoms with E-state index in [2.05, 4.69) is 12.3 Å². The lowest BCUT2D eigenvalue weighted by molar-refractivity contribution is 0.477. The predicted molar refractivity (Wildman–Crippen MR) is 50.9 cm³/mol. The Morgan fingerprint density at radius 1 is 1.31 bits per heavy atom. The Morgan fingerprint density at radius 2 is 2.08 bits per heavy atom. The van der Waals surface area contributed by atoms with Crippen molar-refractivity contribution < 1.29 is 4.42 Å². The van der Waals surface area contributed by atoms with E-state index < -0.39 is 0 Å². The molecule has 2 rings (SSSR count). The lowest BCUT2D eigenvalue weighted by Gasteiger charge is -2.13. The smallest absolute Gasteiger partial charge is 0.127 e. The summed E-state index contributed by atoms with van der Waals surface area (Å²) in [5.41, 5.74) is 3.25. The van der Waals surface area contributed by atoms with Gasteiger partial charge in [-0.2, -0.15) is 0 Å². The van der Waals surface area contributed by atoms with Crippen molar-refractivity contribution in [1.82, 2.24) is 4.68 Å². The lowest BCUT2D eigenvalue weighted by atomic mass is 10.3. The fraction of sp³-hybridized carbons (Fsp3) is 0.200. The van der Waals surface area contributed by atoms with Gasteiger partial charge in [-0.15, -0.1) is 0 Å². The van der Waals surface area contributed by atoms with Crippen LogP contribution in [0.15, 0.2) is 47.3 Å². The number of aromatic nitrogens is 1. The highest BCUT2D eigenvalue weighted by Gasteiger charge is 2.06. The third kappa shape index (κ3) is 1.75. The molecule has 2 aromatic heterocycles. The molecule has 0 amide bonds. The zero-order chi connectivity index (χ0) is 9.10. The third-order valence-electron chi connectivity index (χ3n) is 1.92. The summed E-state index contributed by atoms with van der Waals surface area (Å²) in [4.78, 5) is 0. The van der Waals surface area contributed by atoms with Crippen LogP contribution in [0.1, 0.15) is 18.7 Å². The van der Waals surface area contributed by atoms with Crippen molar-refractivity contribution in [2.45, 2.75) is 13.0 Å². The van der Waals surface area contributed by atoms with E-state index in [9.17, 15) is 0 Å². The average molecular weight is 176 g/mol. The van der Waals surface area contributed by atoms with E-state index in [0.717, 1.165) is 5.76 Å². The van der Waals surface area contributed by atoms with E-state index in [-0.39, 0.29) is 6.04 Å². The Morgan fingerprint density at radius 3 is 2.69 bits per heavy atom. The molecule has 3 heteroatoms. The quantitative estimate of drug-likeness (QED) is 0.778. The lowest BCUT2D eigenvalue weighted by Crippen LogP contribution is -2.16. The number of nitrogens with one attached hydrogen (secondary N) is 1. The largest absolute Gasteiger partial charge is 0.467 e. The van der Waals surface area contributed by atoms with Gasteiger partial charge < -0.3 is 9.84 Å². The summed E-state index contributed by atoms with van der Waals surface area (Å²) in [6.07, 6.45) is 5.60. The number of furan rings is 1. The predicted octanol–water partition coefficient (Wildman–Crippen LogP) is 2.39. The summed E-state index contributed by atoms with van der Waals surface area (Å²) in [6.45, 7) is 2.05. The molecule has 0 aliphatic heterocycles. The number of hydrogen-bond donors (Lipinski definition) is 1. The van der Waals surface area contributed by atoms with Gasteiger partial charge in [0.25, 0.3) is 0 Å². The van der Waals surface area contributed by atoms with Crippen molar-refractivity contribution in [2.75, 3.05) is 5.43 Å². The molecule has 1 N–H and O–H groups in total. The molecular weight excluding hydrogens is 164 g/mol. The Balaban J connectivity index is 2.04. The van der Waals surface area contributed by atoms with Crippen LogP contribution in [0.2, 0.25) is 0 Å². The second-order valence-electron chi connectivity index (χ2n) is 2.96. The number of rotatable bonds is 3. The van der Waals surface area contributed by atoms with Crippen LogP contribution in [0.4, 0.5) is 0 Å². The summed E-state index contributed by atoms with van der Waals surface area (Å²) in [6, 6.07) is 7.98. The molecule has 0 saturated carbocycles. The van der Waals surface area contributed by atoms with Gasteiger partial charge in [0.05, 0.1) is 12.3 Å². The van der Waals surface area contributed by atoms with Gasteiger partial charge in [-0.25, -0.2) is 0 Å². The summed E-state index contributed by atoms with van der Waals surface area (Å²) >= 11 is 0. The zero-order valence-electron chi connectivity index (χ0n) is 7.47. The molecule has 1 unspecified atom stereocenters. The summed E-state index contributed by atoms with van der Waals surface area (Å²) < 4.78 is 7.18. The molecule has 68 valence electrons. The third-order valence-corrected chi connectivity index (χ3v) is 1.92. The first kappa shape index (κ1) is 7.98. The van der Waals surface area contributed by atoms with E-state index in [0.29, 0.717) is 0 Å². The Bertz CT molecular complexity index is 337. The van der Waals surface area contributed by atoms with Crippen LogP contribution in [-0.4, -0.2) is 4.68 Å². The van der Waals surface area contributed by atoms with Crippen LogP contribution >= 0.6 is 0 Å². The van der Waals surface area contributed by atoms with Crippen LogP contribution in [0.5, 0.6) is 0 Å². The van der Waals surface area contributed by atoms with E-state index >= 15 is 0 Å². The topological polar surface area (TPSA) is 30.1 Å². The minimum Gasteiger partial charge on any atom is -0.467 e. The van der Waals surface area contributed by atoms with Crippen molar-refractivity contribution in [3.8, 4) is 0 Å². The van der Waals surface area contributed by atoms with Gasteiger partial charge in [0.1, 0.15) is 5.76 Å². The summed E-state index contributed by atoms with van der Waals surface area (Å²) in [5.74, 6) is 0.939. The first-order chi connectivity index (χ1) is 6.36. The molecule has 0 aliphatic carbocycles. The van der Waals surface area contributed by atoms with Gasteiger partial charge in [-0.05, 0) is 31.2 Å². The molecule has 2 heterocycles. The molecule has 0 aromatic carbocycles. The Labute approximate surface area is 77.0 Å². The van der Waals surface area contributed by atoms with Crippen LogP contribution in [0, 0.1) is 0 Å². The van der Waals surface area contributed by atoms with Gasteiger partial charge in [0.15, 0.2) is 0 Å². The standard InChI is InChI=1S/C10H12N2O/c1-9(10-5-4-8-13-10)11-12-6-2-3-7-12/h2-9,11H,1H3. The molecule has 0 aliphatic rings. The molecular formula is C10H12N2O. The van der Waals surface area contributed by atoms with Crippen molar-refractivity contribution in [2.24, 2.45) is 0 Å². The van der Waals surface area contributed by atoms with E-state index in [1.54, 1.807) is 6.26 Å². The summed E-state index contributed by atoms with van der Waals surface area (Å²) in [7, 11) is 0. The zero-order valence-corrected chi connectivity index (χ0v) is 7.47. The monoisotopic (exact) mass is 176 g/mol. The Hall–Kier alpha value is -1.64. The number of nitrogens with zero attached hydrogens (tertiary/aromatic N) is 1. The fourth-order valence-electron chi connectivity index (χ4n) is 1.25. The first-order valence-corrected chi connectivity index (χ1v) is 4.29. The van der Waals surface area contributed by atoms with Crippen LogP contribution in [0.3, 0.4) is 0 Å².